The van der Waals surface area contributed by atoms with Crippen molar-refractivity contribution in [3.8, 4) is 0 Å². The summed E-state index contributed by atoms with van der Waals surface area (Å²) < 4.78 is 0. The zero-order chi connectivity index (χ0) is 15.1. The summed E-state index contributed by atoms with van der Waals surface area (Å²) in [6.07, 6.45) is 7.51. The number of carboxylic acid groups (broad SMARTS) is 1. The van der Waals surface area contributed by atoms with E-state index in [1.807, 2.05) is 6.92 Å². The van der Waals surface area contributed by atoms with Gasteiger partial charge in [-0.05, 0) is 30.1 Å². The average molecular weight is 270 g/mol. The third-order valence-electron chi connectivity index (χ3n) is 5.38. The van der Waals surface area contributed by atoms with Gasteiger partial charge in [-0.1, -0.05) is 67.2 Å². The van der Waals surface area contributed by atoms with Crippen LogP contribution < -0.4 is 0 Å². The highest BCUT2D eigenvalue weighted by Gasteiger charge is 2.50. The van der Waals surface area contributed by atoms with E-state index in [4.69, 9.17) is 0 Å². The van der Waals surface area contributed by atoms with Crippen molar-refractivity contribution in [3.63, 3.8) is 0 Å². The Hall–Kier alpha value is -0.530. The van der Waals surface area contributed by atoms with Gasteiger partial charge >= 0.3 is 5.97 Å². The van der Waals surface area contributed by atoms with E-state index in [-0.39, 0.29) is 16.7 Å². The molecule has 0 heterocycles. The zero-order valence-corrected chi connectivity index (χ0v) is 13.9. The Kier molecular flexibility index (Phi) is 7.69. The molecule has 2 unspecified atom stereocenters. The van der Waals surface area contributed by atoms with Gasteiger partial charge in [-0.15, -0.1) is 0 Å². The number of rotatable bonds is 10. The molecule has 0 fully saturated rings. The number of carboxylic acids is 1. The summed E-state index contributed by atoms with van der Waals surface area (Å²) in [5, 5.41) is 9.60. The van der Waals surface area contributed by atoms with Crippen LogP contribution in [0.25, 0.3) is 0 Å². The van der Waals surface area contributed by atoms with Gasteiger partial charge in [0.25, 0.3) is 0 Å². The smallest absolute Gasteiger partial charge is 0.306 e. The summed E-state index contributed by atoms with van der Waals surface area (Å²) in [4.78, 5) is 11.7. The summed E-state index contributed by atoms with van der Waals surface area (Å²) >= 11 is 0. The molecule has 1 N–H and O–H groups in total. The topological polar surface area (TPSA) is 37.3 Å². The zero-order valence-electron chi connectivity index (χ0n) is 13.9. The Morgan fingerprint density at radius 2 is 1.42 bits per heavy atom. The van der Waals surface area contributed by atoms with Crippen molar-refractivity contribution >= 4 is 5.97 Å². The van der Waals surface area contributed by atoms with E-state index in [1.54, 1.807) is 0 Å². The number of carbonyl (C=O) groups is 1. The Morgan fingerprint density at radius 3 is 1.68 bits per heavy atom. The fourth-order valence-electron chi connectivity index (χ4n) is 4.14. The van der Waals surface area contributed by atoms with Crippen molar-refractivity contribution in [2.75, 3.05) is 0 Å². The molecule has 0 aliphatic carbocycles. The molecular weight excluding hydrogens is 236 g/mol. The van der Waals surface area contributed by atoms with Crippen molar-refractivity contribution in [2.24, 2.45) is 16.7 Å². The highest BCUT2D eigenvalue weighted by atomic mass is 16.4. The van der Waals surface area contributed by atoms with Crippen LogP contribution in [0, 0.1) is 16.7 Å². The van der Waals surface area contributed by atoms with E-state index in [1.165, 1.54) is 0 Å². The van der Waals surface area contributed by atoms with E-state index >= 15 is 0 Å². The predicted octanol–water partition coefficient (Wildman–Crippen LogP) is 5.51. The second kappa shape index (κ2) is 7.91. The van der Waals surface area contributed by atoms with Gasteiger partial charge in [-0.2, -0.15) is 0 Å². The molecule has 0 bridgehead atoms. The summed E-state index contributed by atoms with van der Waals surface area (Å²) in [5.74, 6) is -0.887. The van der Waals surface area contributed by atoms with Crippen molar-refractivity contribution in [1.82, 2.24) is 0 Å². The van der Waals surface area contributed by atoms with Gasteiger partial charge in [0, 0.05) is 0 Å². The molecule has 0 radical (unpaired) electrons. The summed E-state index contributed by atoms with van der Waals surface area (Å²) in [6, 6.07) is 0. The van der Waals surface area contributed by atoms with Crippen LogP contribution in [0.3, 0.4) is 0 Å². The van der Waals surface area contributed by atoms with Crippen LogP contribution in [0.15, 0.2) is 0 Å². The minimum absolute atomic E-state index is 0.0624. The van der Waals surface area contributed by atoms with Gasteiger partial charge in [0.1, 0.15) is 0 Å². The third kappa shape index (κ3) is 3.73. The Morgan fingerprint density at radius 1 is 1.00 bits per heavy atom. The maximum absolute atomic E-state index is 11.7. The quantitative estimate of drug-likeness (QED) is 0.568. The molecule has 0 saturated heterocycles. The SMILES string of the molecule is CCCC(C)(CC)C(CCC)(CCC)C(C)C(=O)O. The number of hydrogen-bond donors (Lipinski definition) is 1. The lowest BCUT2D eigenvalue weighted by Gasteiger charge is -2.52. The van der Waals surface area contributed by atoms with E-state index in [2.05, 4.69) is 34.6 Å². The van der Waals surface area contributed by atoms with Gasteiger partial charge in [0.05, 0.1) is 5.92 Å². The number of aliphatic carboxylic acids is 1. The predicted molar refractivity (Wildman–Crippen MR) is 82.4 cm³/mol. The molecule has 0 spiro atoms. The van der Waals surface area contributed by atoms with Crippen LogP contribution >= 0.6 is 0 Å². The monoisotopic (exact) mass is 270 g/mol. The molecule has 0 aliphatic heterocycles. The van der Waals surface area contributed by atoms with Crippen molar-refractivity contribution in [2.45, 2.75) is 86.5 Å². The molecule has 19 heavy (non-hydrogen) atoms. The van der Waals surface area contributed by atoms with E-state index in [0.29, 0.717) is 0 Å². The first-order chi connectivity index (χ1) is 8.85. The summed E-state index contributed by atoms with van der Waals surface area (Å²) in [7, 11) is 0. The highest BCUT2D eigenvalue weighted by Crippen LogP contribution is 2.56. The van der Waals surface area contributed by atoms with E-state index in [9.17, 15) is 9.90 Å². The molecule has 2 heteroatoms. The molecule has 0 aromatic carbocycles. The first kappa shape index (κ1) is 18.5. The lowest BCUT2D eigenvalue weighted by Crippen LogP contribution is -2.47. The van der Waals surface area contributed by atoms with Gasteiger partial charge < -0.3 is 5.11 Å². The molecule has 114 valence electrons. The fraction of sp³-hybridized carbons (Fsp3) is 0.941. The maximum atomic E-state index is 11.7. The van der Waals surface area contributed by atoms with Crippen LogP contribution in [-0.2, 0) is 4.79 Å². The second-order valence-corrected chi connectivity index (χ2v) is 6.38. The lowest BCUT2D eigenvalue weighted by atomic mass is 9.52. The van der Waals surface area contributed by atoms with Crippen LogP contribution in [-0.4, -0.2) is 11.1 Å². The largest absolute Gasteiger partial charge is 0.481 e. The van der Waals surface area contributed by atoms with Crippen molar-refractivity contribution < 1.29 is 9.90 Å². The Labute approximate surface area is 120 Å². The maximum Gasteiger partial charge on any atom is 0.306 e. The minimum atomic E-state index is -0.627. The molecule has 0 amide bonds. The van der Waals surface area contributed by atoms with Crippen LogP contribution in [0.2, 0.25) is 0 Å². The first-order valence-electron chi connectivity index (χ1n) is 8.08. The molecule has 2 atom stereocenters. The lowest BCUT2D eigenvalue weighted by molar-refractivity contribution is -0.153. The molecule has 0 saturated carbocycles. The van der Waals surface area contributed by atoms with Crippen molar-refractivity contribution in [3.05, 3.63) is 0 Å². The number of hydrogen-bond acceptors (Lipinski definition) is 1. The van der Waals surface area contributed by atoms with Crippen LogP contribution in [0.5, 0.6) is 0 Å². The molecule has 2 nitrogen and oxygen atoms in total. The summed E-state index contributed by atoms with van der Waals surface area (Å²) in [6.45, 7) is 13.0. The van der Waals surface area contributed by atoms with Crippen LogP contribution in [0.4, 0.5) is 0 Å². The van der Waals surface area contributed by atoms with Gasteiger partial charge in [-0.3, -0.25) is 4.79 Å². The fourth-order valence-corrected chi connectivity index (χ4v) is 4.14. The third-order valence-corrected chi connectivity index (χ3v) is 5.38. The summed E-state index contributed by atoms with van der Waals surface area (Å²) in [5.41, 5.74) is 0.0681. The van der Waals surface area contributed by atoms with E-state index in [0.717, 1.165) is 44.9 Å². The van der Waals surface area contributed by atoms with Gasteiger partial charge in [0.2, 0.25) is 0 Å². The Bertz CT molecular complexity index is 266. The second-order valence-electron chi connectivity index (χ2n) is 6.38. The molecular formula is C17H34O2. The van der Waals surface area contributed by atoms with Gasteiger partial charge in [0.15, 0.2) is 0 Å². The Balaban J connectivity index is 5.71. The van der Waals surface area contributed by atoms with Crippen LogP contribution in [0.1, 0.15) is 86.5 Å². The van der Waals surface area contributed by atoms with E-state index < -0.39 is 5.97 Å². The minimum Gasteiger partial charge on any atom is -0.481 e. The molecule has 0 rings (SSSR count). The average Bonchev–Trinajstić information content (AvgIpc) is 2.37. The molecule has 0 aromatic rings. The molecule has 0 aliphatic rings. The first-order valence-corrected chi connectivity index (χ1v) is 8.08. The normalized spacial score (nSPS) is 16.9. The molecule has 0 aromatic heterocycles. The highest BCUT2D eigenvalue weighted by molar-refractivity contribution is 5.70. The van der Waals surface area contributed by atoms with Gasteiger partial charge in [-0.25, -0.2) is 0 Å². The standard InChI is InChI=1S/C17H34O2/c1-7-11-16(6,10-4)17(12-8-2,13-9-3)14(5)15(18)19/h14H,7-13H2,1-6H3,(H,18,19). The van der Waals surface area contributed by atoms with Crippen molar-refractivity contribution in [1.29, 1.82) is 0 Å².